The summed E-state index contributed by atoms with van der Waals surface area (Å²) in [7, 11) is 0. The summed E-state index contributed by atoms with van der Waals surface area (Å²) in [5.74, 6) is -0.0734. The number of esters is 1. The van der Waals surface area contributed by atoms with E-state index in [1.165, 1.54) is 0 Å². The van der Waals surface area contributed by atoms with Gasteiger partial charge in [-0.15, -0.1) is 0 Å². The molecule has 5 heteroatoms. The van der Waals surface area contributed by atoms with E-state index in [2.05, 4.69) is 10.1 Å². The van der Waals surface area contributed by atoms with Gasteiger partial charge in [0, 0.05) is 0 Å². The van der Waals surface area contributed by atoms with Crippen LogP contribution in [0.1, 0.15) is 30.1 Å². The van der Waals surface area contributed by atoms with E-state index in [0.29, 0.717) is 24.7 Å². The summed E-state index contributed by atoms with van der Waals surface area (Å²) in [5, 5.41) is 3.73. The number of aryl methyl sites for hydroxylation is 1. The normalized spacial score (nSPS) is 12.1. The van der Waals surface area contributed by atoms with Gasteiger partial charge in [0.05, 0.1) is 6.61 Å². The number of ether oxygens (including phenoxy) is 1. The first-order chi connectivity index (χ1) is 9.20. The van der Waals surface area contributed by atoms with Crippen LogP contribution in [0.4, 0.5) is 0 Å². The Morgan fingerprint density at radius 1 is 1.37 bits per heavy atom. The molecule has 5 nitrogen and oxygen atoms in total. The van der Waals surface area contributed by atoms with Crippen molar-refractivity contribution in [3.63, 3.8) is 0 Å². The van der Waals surface area contributed by atoms with Gasteiger partial charge in [-0.05, 0) is 25.8 Å². The first-order valence-electron chi connectivity index (χ1n) is 6.21. The Hall–Kier alpha value is -2.17. The molecule has 0 aliphatic rings. The molecular weight excluding hydrogens is 244 g/mol. The number of carbonyl (C=O) groups excluding carboxylic acids is 1. The van der Waals surface area contributed by atoms with Crippen LogP contribution >= 0.6 is 0 Å². The number of hydrogen-bond acceptors (Lipinski definition) is 5. The van der Waals surface area contributed by atoms with Gasteiger partial charge in [-0.1, -0.05) is 35.5 Å². The Morgan fingerprint density at radius 3 is 2.68 bits per heavy atom. The molecule has 0 saturated carbocycles. The van der Waals surface area contributed by atoms with Crippen molar-refractivity contribution in [3.8, 4) is 0 Å². The Bertz CT molecular complexity index is 537. The molecule has 0 spiro atoms. The fourth-order valence-electron chi connectivity index (χ4n) is 1.82. The molecule has 1 heterocycles. The summed E-state index contributed by atoms with van der Waals surface area (Å²) in [5.41, 5.74) is 1.02. The van der Waals surface area contributed by atoms with Gasteiger partial charge in [0.25, 0.3) is 0 Å². The molecule has 0 aliphatic heterocycles. The van der Waals surface area contributed by atoms with Crippen LogP contribution in [0.15, 0.2) is 34.9 Å². The van der Waals surface area contributed by atoms with Gasteiger partial charge in [0.1, 0.15) is 5.92 Å². The molecular formula is C14H16N2O3. The maximum atomic E-state index is 12.0. The monoisotopic (exact) mass is 260 g/mol. The van der Waals surface area contributed by atoms with Gasteiger partial charge in [-0.3, -0.25) is 4.79 Å². The number of rotatable bonds is 5. The second kappa shape index (κ2) is 6.13. The largest absolute Gasteiger partial charge is 0.465 e. The quantitative estimate of drug-likeness (QED) is 0.771. The Kier molecular flexibility index (Phi) is 4.28. The summed E-state index contributed by atoms with van der Waals surface area (Å²) in [6.07, 6.45) is 0.487. The van der Waals surface area contributed by atoms with Crippen molar-refractivity contribution < 1.29 is 14.1 Å². The number of nitrogens with zero attached hydrogens (tertiary/aromatic N) is 2. The maximum absolute atomic E-state index is 12.0. The van der Waals surface area contributed by atoms with Crippen molar-refractivity contribution in [3.05, 3.63) is 47.6 Å². The fourth-order valence-corrected chi connectivity index (χ4v) is 1.82. The van der Waals surface area contributed by atoms with Crippen LogP contribution in [-0.2, 0) is 16.0 Å². The molecule has 1 atom stereocenters. The fraction of sp³-hybridized carbons (Fsp3) is 0.357. The van der Waals surface area contributed by atoms with Gasteiger partial charge >= 0.3 is 5.97 Å². The Balaban J connectivity index is 2.22. The van der Waals surface area contributed by atoms with Crippen LogP contribution in [-0.4, -0.2) is 22.7 Å². The molecule has 19 heavy (non-hydrogen) atoms. The van der Waals surface area contributed by atoms with Crippen molar-refractivity contribution in [2.75, 3.05) is 6.61 Å². The summed E-state index contributed by atoms with van der Waals surface area (Å²) < 4.78 is 10.2. The second-order valence-corrected chi connectivity index (χ2v) is 4.17. The smallest absolute Gasteiger partial charge is 0.318 e. The maximum Gasteiger partial charge on any atom is 0.318 e. The Labute approximate surface area is 111 Å². The Morgan fingerprint density at radius 2 is 2.11 bits per heavy atom. The summed E-state index contributed by atoms with van der Waals surface area (Å²) >= 11 is 0. The summed E-state index contributed by atoms with van der Waals surface area (Å²) in [4.78, 5) is 16.1. The van der Waals surface area contributed by atoms with E-state index < -0.39 is 5.92 Å². The van der Waals surface area contributed by atoms with E-state index in [0.717, 1.165) is 5.56 Å². The van der Waals surface area contributed by atoms with E-state index in [1.807, 2.05) is 30.3 Å². The first kappa shape index (κ1) is 13.3. The lowest BCUT2D eigenvalue weighted by Gasteiger charge is -2.11. The molecule has 2 rings (SSSR count). The average molecular weight is 260 g/mol. The number of hydrogen-bond donors (Lipinski definition) is 0. The van der Waals surface area contributed by atoms with E-state index >= 15 is 0 Å². The number of benzene rings is 1. The highest BCUT2D eigenvalue weighted by molar-refractivity contribution is 5.77. The lowest BCUT2D eigenvalue weighted by molar-refractivity contribution is -0.145. The highest BCUT2D eigenvalue weighted by atomic mass is 16.5. The topological polar surface area (TPSA) is 65.2 Å². The van der Waals surface area contributed by atoms with Crippen LogP contribution in [0.5, 0.6) is 0 Å². The number of aromatic nitrogens is 2. The zero-order valence-corrected chi connectivity index (χ0v) is 11.0. The zero-order valence-electron chi connectivity index (χ0n) is 11.0. The molecule has 100 valence electrons. The zero-order chi connectivity index (χ0) is 13.7. The van der Waals surface area contributed by atoms with E-state index in [-0.39, 0.29) is 5.97 Å². The van der Waals surface area contributed by atoms with Gasteiger partial charge < -0.3 is 9.26 Å². The van der Waals surface area contributed by atoms with Gasteiger partial charge in [-0.2, -0.15) is 4.98 Å². The minimum atomic E-state index is -0.552. The molecule has 1 unspecified atom stereocenters. The minimum Gasteiger partial charge on any atom is -0.465 e. The SMILES string of the molecule is CCOC(=O)C(Cc1ccccc1)c1nc(C)no1. The van der Waals surface area contributed by atoms with Crippen molar-refractivity contribution in [1.82, 2.24) is 10.1 Å². The average Bonchev–Trinajstić information content (AvgIpc) is 2.84. The van der Waals surface area contributed by atoms with Crippen LogP contribution < -0.4 is 0 Å². The molecule has 0 radical (unpaired) electrons. The van der Waals surface area contributed by atoms with Crippen molar-refractivity contribution in [1.29, 1.82) is 0 Å². The summed E-state index contributed by atoms with van der Waals surface area (Å²) in [6.45, 7) is 3.82. The van der Waals surface area contributed by atoms with Gasteiger partial charge in [-0.25, -0.2) is 0 Å². The van der Waals surface area contributed by atoms with Crippen molar-refractivity contribution >= 4 is 5.97 Å². The van der Waals surface area contributed by atoms with Crippen LogP contribution in [0, 0.1) is 6.92 Å². The minimum absolute atomic E-state index is 0.305. The van der Waals surface area contributed by atoms with Crippen LogP contribution in [0.25, 0.3) is 0 Å². The van der Waals surface area contributed by atoms with E-state index in [1.54, 1.807) is 13.8 Å². The second-order valence-electron chi connectivity index (χ2n) is 4.17. The molecule has 1 aromatic carbocycles. The van der Waals surface area contributed by atoms with Crippen LogP contribution in [0.2, 0.25) is 0 Å². The number of carbonyl (C=O) groups is 1. The standard InChI is InChI=1S/C14H16N2O3/c1-3-18-14(17)12(13-15-10(2)16-19-13)9-11-7-5-4-6-8-11/h4-8,12H,3,9H2,1-2H3. The van der Waals surface area contributed by atoms with Crippen LogP contribution in [0.3, 0.4) is 0 Å². The highest BCUT2D eigenvalue weighted by Gasteiger charge is 2.28. The van der Waals surface area contributed by atoms with Crippen molar-refractivity contribution in [2.24, 2.45) is 0 Å². The highest BCUT2D eigenvalue weighted by Crippen LogP contribution is 2.21. The summed E-state index contributed by atoms with van der Waals surface area (Å²) in [6, 6.07) is 9.69. The molecule has 0 amide bonds. The third-order valence-corrected chi connectivity index (χ3v) is 2.70. The molecule has 2 aromatic rings. The molecule has 1 aromatic heterocycles. The molecule has 0 fully saturated rings. The molecule has 0 saturated heterocycles. The van der Waals surface area contributed by atoms with Gasteiger partial charge in [0.15, 0.2) is 5.82 Å². The van der Waals surface area contributed by atoms with Crippen molar-refractivity contribution in [2.45, 2.75) is 26.2 Å². The first-order valence-corrected chi connectivity index (χ1v) is 6.21. The third kappa shape index (κ3) is 3.40. The van der Waals surface area contributed by atoms with E-state index in [4.69, 9.17) is 9.26 Å². The molecule has 0 aliphatic carbocycles. The van der Waals surface area contributed by atoms with E-state index in [9.17, 15) is 4.79 Å². The predicted molar refractivity (Wildman–Crippen MR) is 68.6 cm³/mol. The lowest BCUT2D eigenvalue weighted by Crippen LogP contribution is -2.18. The molecule has 0 bridgehead atoms. The predicted octanol–water partition coefficient (Wildman–Crippen LogP) is 2.27. The van der Waals surface area contributed by atoms with Gasteiger partial charge in [0.2, 0.25) is 5.89 Å². The lowest BCUT2D eigenvalue weighted by atomic mass is 9.99. The third-order valence-electron chi connectivity index (χ3n) is 2.70. The molecule has 0 N–H and O–H groups in total.